The number of amides is 2. The molecule has 1 fully saturated rings. The van der Waals surface area contributed by atoms with Crippen molar-refractivity contribution in [2.75, 3.05) is 12.4 Å². The van der Waals surface area contributed by atoms with Gasteiger partial charge in [0.2, 0.25) is 5.91 Å². The van der Waals surface area contributed by atoms with Crippen LogP contribution in [0.25, 0.3) is 0 Å². The van der Waals surface area contributed by atoms with Crippen molar-refractivity contribution in [1.29, 1.82) is 5.26 Å². The molecule has 172 valence electrons. The largest absolute Gasteiger partial charge is 0.467 e. The molecular weight excluding hydrogens is 439 g/mol. The van der Waals surface area contributed by atoms with Crippen molar-refractivity contribution in [3.63, 3.8) is 0 Å². The first-order valence-corrected chi connectivity index (χ1v) is 10.4. The molecule has 1 heterocycles. The van der Waals surface area contributed by atoms with Gasteiger partial charge in [0.25, 0.3) is 5.91 Å². The number of rotatable bonds is 8. The van der Waals surface area contributed by atoms with Gasteiger partial charge in [-0.05, 0) is 48.7 Å². The van der Waals surface area contributed by atoms with Crippen LogP contribution in [0.5, 0.6) is 6.01 Å². The summed E-state index contributed by atoms with van der Waals surface area (Å²) in [6.45, 7) is 0.280. The molecule has 4 rings (SSSR count). The predicted octanol–water partition coefficient (Wildman–Crippen LogP) is 2.82. The second-order valence-corrected chi connectivity index (χ2v) is 7.80. The minimum absolute atomic E-state index is 0.153. The number of halogens is 1. The molecule has 1 saturated carbocycles. The number of carbonyl (C=O) groups is 2. The number of hydrogen-bond acceptors (Lipinski definition) is 7. The fourth-order valence-corrected chi connectivity index (χ4v) is 3.29. The Kier molecular flexibility index (Phi) is 6.36. The third-order valence-corrected chi connectivity index (χ3v) is 5.40. The summed E-state index contributed by atoms with van der Waals surface area (Å²) in [5, 5.41) is 17.9. The second kappa shape index (κ2) is 9.54. The molecule has 0 atom stereocenters. The standard InChI is InChI=1S/C24H21FN6O3/c1-34-23-28-13-17(14-29-23)21(32)31-24(8-9-24)22(33)27-12-15-2-5-19(6-3-15)30-20-7-4-18(25)10-16(20)11-26/h2-7,10,13-14,30H,8-9,12H2,1H3,(H,27,33)(H,31,32). The van der Waals surface area contributed by atoms with Crippen molar-refractivity contribution in [1.82, 2.24) is 20.6 Å². The van der Waals surface area contributed by atoms with E-state index in [4.69, 9.17) is 10.00 Å². The third kappa shape index (κ3) is 5.10. The number of ether oxygens (including phenoxy) is 1. The van der Waals surface area contributed by atoms with Crippen LogP contribution in [0.3, 0.4) is 0 Å². The molecule has 0 unspecified atom stereocenters. The van der Waals surface area contributed by atoms with E-state index in [2.05, 4.69) is 25.9 Å². The van der Waals surface area contributed by atoms with Gasteiger partial charge in [-0.2, -0.15) is 5.26 Å². The van der Waals surface area contributed by atoms with Crippen LogP contribution in [0.4, 0.5) is 15.8 Å². The maximum Gasteiger partial charge on any atom is 0.316 e. The lowest BCUT2D eigenvalue weighted by molar-refractivity contribution is -0.124. The smallest absolute Gasteiger partial charge is 0.316 e. The molecule has 1 aliphatic rings. The van der Waals surface area contributed by atoms with Crippen LogP contribution < -0.4 is 20.7 Å². The van der Waals surface area contributed by atoms with Gasteiger partial charge in [-0.15, -0.1) is 0 Å². The Labute approximate surface area is 195 Å². The molecule has 9 nitrogen and oxygen atoms in total. The van der Waals surface area contributed by atoms with E-state index in [1.54, 1.807) is 12.1 Å². The van der Waals surface area contributed by atoms with E-state index in [0.717, 1.165) is 5.56 Å². The Morgan fingerprint density at radius 3 is 2.47 bits per heavy atom. The maximum absolute atomic E-state index is 13.3. The topological polar surface area (TPSA) is 129 Å². The zero-order chi connectivity index (χ0) is 24.1. The molecule has 0 spiro atoms. The van der Waals surface area contributed by atoms with Crippen LogP contribution in [0.15, 0.2) is 54.9 Å². The van der Waals surface area contributed by atoms with Gasteiger partial charge in [-0.25, -0.2) is 14.4 Å². The summed E-state index contributed by atoms with van der Waals surface area (Å²) in [5.74, 6) is -1.17. The van der Waals surface area contributed by atoms with Crippen molar-refractivity contribution >= 4 is 23.2 Å². The Morgan fingerprint density at radius 1 is 1.15 bits per heavy atom. The summed E-state index contributed by atoms with van der Waals surface area (Å²) in [6.07, 6.45) is 3.78. The maximum atomic E-state index is 13.3. The highest BCUT2D eigenvalue weighted by Crippen LogP contribution is 2.36. The molecule has 0 aliphatic heterocycles. The van der Waals surface area contributed by atoms with Crippen molar-refractivity contribution < 1.29 is 18.7 Å². The van der Waals surface area contributed by atoms with Gasteiger partial charge in [0.15, 0.2) is 0 Å². The highest BCUT2D eigenvalue weighted by atomic mass is 19.1. The minimum Gasteiger partial charge on any atom is -0.467 e. The van der Waals surface area contributed by atoms with Gasteiger partial charge in [-0.1, -0.05) is 12.1 Å². The number of nitrogens with zero attached hydrogens (tertiary/aromatic N) is 3. The summed E-state index contributed by atoms with van der Waals surface area (Å²) in [5.41, 5.74) is 1.57. The Hall–Kier alpha value is -4.52. The first-order chi connectivity index (χ1) is 16.4. The van der Waals surface area contributed by atoms with Gasteiger partial charge in [0, 0.05) is 24.6 Å². The lowest BCUT2D eigenvalue weighted by Gasteiger charge is -2.17. The molecule has 3 N–H and O–H groups in total. The minimum atomic E-state index is -0.936. The van der Waals surface area contributed by atoms with Gasteiger partial charge < -0.3 is 20.7 Å². The fourth-order valence-electron chi connectivity index (χ4n) is 3.29. The lowest BCUT2D eigenvalue weighted by Crippen LogP contribution is -2.48. The van der Waals surface area contributed by atoms with E-state index >= 15 is 0 Å². The van der Waals surface area contributed by atoms with Crippen molar-refractivity contribution in [2.45, 2.75) is 24.9 Å². The number of hydrogen-bond donors (Lipinski definition) is 3. The molecule has 2 amide bonds. The molecule has 0 saturated heterocycles. The van der Waals surface area contributed by atoms with Crippen LogP contribution in [-0.2, 0) is 11.3 Å². The monoisotopic (exact) mass is 460 g/mol. The van der Waals surface area contributed by atoms with Crippen LogP contribution in [0, 0.1) is 17.1 Å². The first kappa shape index (κ1) is 22.7. The predicted molar refractivity (Wildman–Crippen MR) is 121 cm³/mol. The molecule has 0 radical (unpaired) electrons. The first-order valence-electron chi connectivity index (χ1n) is 10.4. The van der Waals surface area contributed by atoms with Gasteiger partial charge >= 0.3 is 6.01 Å². The van der Waals surface area contributed by atoms with Crippen LogP contribution in [0.1, 0.15) is 34.3 Å². The highest BCUT2D eigenvalue weighted by molar-refractivity contribution is 6.00. The number of aromatic nitrogens is 2. The van der Waals surface area contributed by atoms with Gasteiger partial charge in [0.1, 0.15) is 17.4 Å². The summed E-state index contributed by atoms with van der Waals surface area (Å²) >= 11 is 0. The van der Waals surface area contributed by atoms with E-state index in [1.807, 2.05) is 18.2 Å². The normalized spacial score (nSPS) is 13.3. The number of nitriles is 1. The third-order valence-electron chi connectivity index (χ3n) is 5.40. The van der Waals surface area contributed by atoms with Crippen LogP contribution in [-0.4, -0.2) is 34.4 Å². The quantitative estimate of drug-likeness (QED) is 0.471. The number of carbonyl (C=O) groups excluding carboxylic acids is 2. The van der Waals surface area contributed by atoms with Crippen molar-refractivity contribution in [3.05, 3.63) is 77.4 Å². The molecule has 1 aromatic heterocycles. The van der Waals surface area contributed by atoms with Gasteiger partial charge in [0.05, 0.1) is 23.9 Å². The fraction of sp³-hybridized carbons (Fsp3) is 0.208. The zero-order valence-corrected chi connectivity index (χ0v) is 18.3. The summed E-state index contributed by atoms with van der Waals surface area (Å²) in [4.78, 5) is 33.0. The molecule has 3 aromatic rings. The lowest BCUT2D eigenvalue weighted by atomic mass is 10.1. The van der Waals surface area contributed by atoms with Crippen LogP contribution in [0.2, 0.25) is 0 Å². The molecule has 34 heavy (non-hydrogen) atoms. The van der Waals surface area contributed by atoms with Gasteiger partial charge in [-0.3, -0.25) is 9.59 Å². The van der Waals surface area contributed by atoms with E-state index in [-0.39, 0.29) is 29.6 Å². The second-order valence-electron chi connectivity index (χ2n) is 7.80. The molecule has 1 aliphatic carbocycles. The number of anilines is 2. The highest BCUT2D eigenvalue weighted by Gasteiger charge is 2.51. The summed E-state index contributed by atoms with van der Waals surface area (Å²) in [7, 11) is 1.43. The molecule has 10 heteroatoms. The number of benzene rings is 2. The van der Waals surface area contributed by atoms with E-state index in [9.17, 15) is 14.0 Å². The zero-order valence-electron chi connectivity index (χ0n) is 18.3. The number of nitrogens with one attached hydrogen (secondary N) is 3. The Balaban J connectivity index is 1.32. The average molecular weight is 460 g/mol. The Bertz CT molecular complexity index is 1250. The SMILES string of the molecule is COc1ncc(C(=O)NC2(C(=O)NCc3ccc(Nc4ccc(F)cc4C#N)cc3)CC2)cn1. The van der Waals surface area contributed by atoms with E-state index in [1.165, 1.54) is 37.7 Å². The summed E-state index contributed by atoms with van der Waals surface area (Å²) < 4.78 is 18.2. The summed E-state index contributed by atoms with van der Waals surface area (Å²) in [6, 6.07) is 13.3. The average Bonchev–Trinajstić information content (AvgIpc) is 3.65. The molecule has 2 aromatic carbocycles. The van der Waals surface area contributed by atoms with Crippen LogP contribution >= 0.6 is 0 Å². The number of methoxy groups -OCH3 is 1. The molecule has 0 bridgehead atoms. The molecular formula is C24H21FN6O3. The van der Waals surface area contributed by atoms with E-state index < -0.39 is 17.3 Å². The van der Waals surface area contributed by atoms with E-state index in [0.29, 0.717) is 24.2 Å². The van der Waals surface area contributed by atoms with Crippen molar-refractivity contribution in [2.24, 2.45) is 0 Å². The Morgan fingerprint density at radius 2 is 1.85 bits per heavy atom. The van der Waals surface area contributed by atoms with Crippen molar-refractivity contribution in [3.8, 4) is 12.1 Å².